The summed E-state index contributed by atoms with van der Waals surface area (Å²) in [5, 5.41) is 10.2. The summed E-state index contributed by atoms with van der Waals surface area (Å²) in [5.74, 6) is -1.26. The van der Waals surface area contributed by atoms with E-state index in [0.717, 1.165) is 19.3 Å². The van der Waals surface area contributed by atoms with Crippen LogP contribution < -0.4 is 0 Å². The van der Waals surface area contributed by atoms with Gasteiger partial charge in [0.2, 0.25) is 5.76 Å². The molecule has 1 aliphatic carbocycles. The summed E-state index contributed by atoms with van der Waals surface area (Å²) in [4.78, 5) is 23.3. The summed E-state index contributed by atoms with van der Waals surface area (Å²) >= 11 is 0. The van der Waals surface area contributed by atoms with Crippen molar-refractivity contribution in [2.45, 2.75) is 44.3 Å². The minimum atomic E-state index is -1.40. The number of aliphatic hydroxyl groups is 1. The van der Waals surface area contributed by atoms with E-state index < -0.39 is 17.5 Å². The van der Waals surface area contributed by atoms with Gasteiger partial charge in [-0.15, -0.1) is 0 Å². The number of ether oxygens (including phenoxy) is 2. The van der Waals surface area contributed by atoms with Gasteiger partial charge in [-0.1, -0.05) is 6.42 Å². The molecule has 0 spiro atoms. The molecular weight excluding hydrogens is 264 g/mol. The number of esters is 2. The molecule has 0 saturated heterocycles. The average molecular weight is 282 g/mol. The summed E-state index contributed by atoms with van der Waals surface area (Å²) in [6, 6.07) is 1.53. The molecule has 1 saturated carbocycles. The molecule has 1 aliphatic rings. The van der Waals surface area contributed by atoms with E-state index in [4.69, 9.17) is 9.15 Å². The molecule has 1 fully saturated rings. The van der Waals surface area contributed by atoms with E-state index in [1.807, 2.05) is 0 Å². The lowest BCUT2D eigenvalue weighted by Crippen LogP contribution is -2.41. The molecule has 1 aromatic rings. The van der Waals surface area contributed by atoms with Crippen molar-refractivity contribution in [2.24, 2.45) is 0 Å². The van der Waals surface area contributed by atoms with Crippen LogP contribution in [0.15, 0.2) is 16.7 Å². The predicted molar refractivity (Wildman–Crippen MR) is 67.9 cm³/mol. The number of hydrogen-bond donors (Lipinski definition) is 1. The molecule has 1 aromatic heterocycles. The lowest BCUT2D eigenvalue weighted by atomic mass is 9.85. The zero-order chi connectivity index (χ0) is 14.6. The number of furan rings is 1. The van der Waals surface area contributed by atoms with Crippen molar-refractivity contribution in [3.8, 4) is 0 Å². The molecule has 0 bridgehead atoms. The molecule has 0 unspecified atom stereocenters. The zero-order valence-corrected chi connectivity index (χ0v) is 11.4. The van der Waals surface area contributed by atoms with Gasteiger partial charge >= 0.3 is 11.9 Å². The van der Waals surface area contributed by atoms with Crippen molar-refractivity contribution in [1.29, 1.82) is 0 Å². The number of carbonyl (C=O) groups excluding carboxylic acids is 2. The fourth-order valence-corrected chi connectivity index (χ4v) is 2.34. The van der Waals surface area contributed by atoms with Crippen molar-refractivity contribution in [2.75, 3.05) is 7.11 Å². The highest BCUT2D eigenvalue weighted by Crippen LogP contribution is 2.29. The Morgan fingerprint density at radius 2 is 2.05 bits per heavy atom. The maximum Gasteiger partial charge on any atom is 0.374 e. The molecule has 6 heteroatoms. The lowest BCUT2D eigenvalue weighted by molar-refractivity contribution is -0.170. The first-order chi connectivity index (χ1) is 9.57. The van der Waals surface area contributed by atoms with Crippen LogP contribution in [-0.4, -0.2) is 29.8 Å². The van der Waals surface area contributed by atoms with Gasteiger partial charge in [0.05, 0.1) is 13.4 Å². The smallest absolute Gasteiger partial charge is 0.374 e. The largest absolute Gasteiger partial charge is 0.463 e. The number of carbonyl (C=O) groups is 2. The van der Waals surface area contributed by atoms with E-state index in [1.54, 1.807) is 0 Å². The molecule has 6 nitrogen and oxygen atoms in total. The topological polar surface area (TPSA) is 86.0 Å². The van der Waals surface area contributed by atoms with Crippen molar-refractivity contribution in [1.82, 2.24) is 0 Å². The Labute approximate surface area is 116 Å². The third-order valence-electron chi connectivity index (χ3n) is 3.54. The fourth-order valence-electron chi connectivity index (χ4n) is 2.34. The highest BCUT2D eigenvalue weighted by Gasteiger charge is 2.38. The van der Waals surface area contributed by atoms with Crippen LogP contribution in [0, 0.1) is 0 Å². The van der Waals surface area contributed by atoms with Crippen molar-refractivity contribution in [3.63, 3.8) is 0 Å². The van der Waals surface area contributed by atoms with E-state index in [-0.39, 0.29) is 12.4 Å². The van der Waals surface area contributed by atoms with E-state index in [1.165, 1.54) is 19.4 Å². The predicted octanol–water partition coefficient (Wildman–Crippen LogP) is 1.80. The number of hydrogen-bond acceptors (Lipinski definition) is 6. The summed E-state index contributed by atoms with van der Waals surface area (Å²) in [7, 11) is 1.24. The van der Waals surface area contributed by atoms with Gasteiger partial charge in [-0.05, 0) is 31.7 Å². The summed E-state index contributed by atoms with van der Waals surface area (Å²) < 4.78 is 14.7. The maximum absolute atomic E-state index is 11.9. The minimum Gasteiger partial charge on any atom is -0.463 e. The Hall–Kier alpha value is -1.82. The van der Waals surface area contributed by atoms with Crippen LogP contribution in [0.4, 0.5) is 0 Å². The van der Waals surface area contributed by atoms with Crippen molar-refractivity contribution in [3.05, 3.63) is 23.7 Å². The highest BCUT2D eigenvalue weighted by atomic mass is 16.6. The quantitative estimate of drug-likeness (QED) is 0.847. The van der Waals surface area contributed by atoms with Gasteiger partial charge in [0.25, 0.3) is 0 Å². The minimum absolute atomic E-state index is 0.0101. The molecule has 1 heterocycles. The van der Waals surface area contributed by atoms with Crippen molar-refractivity contribution >= 4 is 11.9 Å². The molecule has 0 aromatic carbocycles. The van der Waals surface area contributed by atoms with Gasteiger partial charge in [0.1, 0.15) is 6.61 Å². The normalized spacial score (nSPS) is 17.5. The van der Waals surface area contributed by atoms with Crippen LogP contribution >= 0.6 is 0 Å². The first-order valence-electron chi connectivity index (χ1n) is 6.61. The monoisotopic (exact) mass is 282 g/mol. The lowest BCUT2D eigenvalue weighted by Gasteiger charge is -2.29. The molecule has 1 N–H and O–H groups in total. The fraction of sp³-hybridized carbons (Fsp3) is 0.571. The van der Waals surface area contributed by atoms with Crippen LogP contribution in [0.2, 0.25) is 0 Å². The molecule has 0 atom stereocenters. The number of methoxy groups -OCH3 is 1. The van der Waals surface area contributed by atoms with Gasteiger partial charge < -0.3 is 19.0 Å². The van der Waals surface area contributed by atoms with Crippen molar-refractivity contribution < 1.29 is 28.6 Å². The zero-order valence-electron chi connectivity index (χ0n) is 11.4. The summed E-state index contributed by atoms with van der Waals surface area (Å²) in [6.45, 7) is -0.123. The molecule has 0 amide bonds. The number of rotatable bonds is 4. The van der Waals surface area contributed by atoms with E-state index in [2.05, 4.69) is 4.74 Å². The van der Waals surface area contributed by atoms with Gasteiger partial charge in [-0.2, -0.15) is 0 Å². The maximum atomic E-state index is 11.9. The van der Waals surface area contributed by atoms with E-state index in [9.17, 15) is 14.7 Å². The Balaban J connectivity index is 1.97. The van der Waals surface area contributed by atoms with Crippen LogP contribution in [0.3, 0.4) is 0 Å². The summed E-state index contributed by atoms with van der Waals surface area (Å²) in [6.07, 6.45) is 4.80. The van der Waals surface area contributed by atoms with Crippen LogP contribution in [0.1, 0.15) is 48.2 Å². The molecule has 2 rings (SSSR count). The SMILES string of the molecule is COC(=O)c1occc1COC(=O)C1(O)CCCCC1. The average Bonchev–Trinajstić information content (AvgIpc) is 2.93. The second-order valence-electron chi connectivity index (χ2n) is 4.93. The highest BCUT2D eigenvalue weighted by molar-refractivity contribution is 5.88. The van der Waals surface area contributed by atoms with E-state index in [0.29, 0.717) is 18.4 Å². The van der Waals surface area contributed by atoms with Gasteiger partial charge in [-0.3, -0.25) is 0 Å². The van der Waals surface area contributed by atoms with Gasteiger partial charge in [-0.25, -0.2) is 9.59 Å². The van der Waals surface area contributed by atoms with E-state index >= 15 is 0 Å². The molecule has 110 valence electrons. The molecule has 0 aliphatic heterocycles. The Bertz CT molecular complexity index is 484. The second-order valence-corrected chi connectivity index (χ2v) is 4.93. The second kappa shape index (κ2) is 6.09. The first kappa shape index (κ1) is 14.6. The Morgan fingerprint density at radius 1 is 1.35 bits per heavy atom. The third kappa shape index (κ3) is 3.01. The Kier molecular flexibility index (Phi) is 4.44. The van der Waals surface area contributed by atoms with Gasteiger partial charge in [0.15, 0.2) is 5.60 Å². The molecular formula is C14H18O6. The standard InChI is InChI=1S/C14H18O6/c1-18-12(15)11-10(5-8-19-11)9-20-13(16)14(17)6-3-2-4-7-14/h5,8,17H,2-4,6-7,9H2,1H3. The van der Waals surface area contributed by atoms with Crippen LogP contribution in [0.5, 0.6) is 0 Å². The van der Waals surface area contributed by atoms with Gasteiger partial charge in [0, 0.05) is 5.56 Å². The molecule has 0 radical (unpaired) electrons. The Morgan fingerprint density at radius 3 is 2.70 bits per heavy atom. The first-order valence-corrected chi connectivity index (χ1v) is 6.61. The summed E-state index contributed by atoms with van der Waals surface area (Å²) in [5.41, 5.74) is -0.974. The molecule has 20 heavy (non-hydrogen) atoms. The third-order valence-corrected chi connectivity index (χ3v) is 3.54. The van der Waals surface area contributed by atoms with Crippen LogP contribution in [0.25, 0.3) is 0 Å². The van der Waals surface area contributed by atoms with Crippen LogP contribution in [-0.2, 0) is 20.9 Å².